The summed E-state index contributed by atoms with van der Waals surface area (Å²) in [6.07, 6.45) is 7.67. The number of nitrogens with zero attached hydrogens (tertiary/aromatic N) is 4. The fraction of sp³-hybridized carbons (Fsp3) is 0.222. The number of rotatable bonds is 8. The van der Waals surface area contributed by atoms with Crippen molar-refractivity contribution in [2.24, 2.45) is 0 Å². The summed E-state index contributed by atoms with van der Waals surface area (Å²) in [6, 6.07) is 14.5. The first kappa shape index (κ1) is 18.3. The minimum atomic E-state index is -2.02. The van der Waals surface area contributed by atoms with Crippen LogP contribution in [0.5, 0.6) is 0 Å². The monoisotopic (exact) mass is 462 g/mol. The molecule has 5 nitrogen and oxygen atoms in total. The maximum Gasteiger partial charge on any atom is 0.197 e. The number of aromatic nitrogens is 4. The van der Waals surface area contributed by atoms with Gasteiger partial charge in [-0.15, -0.1) is 0 Å². The second kappa shape index (κ2) is 9.27. The maximum absolute atomic E-state index is 5.84. The van der Waals surface area contributed by atoms with Crippen LogP contribution >= 0.6 is 29.9 Å². The van der Waals surface area contributed by atoms with Gasteiger partial charge < -0.3 is 4.74 Å². The maximum atomic E-state index is 5.84. The highest BCUT2D eigenvalue weighted by Gasteiger charge is 2.48. The van der Waals surface area contributed by atoms with Gasteiger partial charge in [-0.25, -0.2) is 19.9 Å². The molecule has 0 fully saturated rings. The average Bonchev–Trinajstić information content (AvgIpc) is 2.70. The third-order valence-electron chi connectivity index (χ3n) is 3.90. The molecule has 3 rings (SSSR count). The summed E-state index contributed by atoms with van der Waals surface area (Å²) in [5.74, 6) is 0. The molecule has 7 heteroatoms. The Morgan fingerprint density at radius 3 is 2.00 bits per heavy atom. The number of halogens is 1. The number of benzene rings is 1. The first-order valence-electron chi connectivity index (χ1n) is 7.98. The molecule has 0 radical (unpaired) electrons. The molecule has 1 aromatic carbocycles. The SMILES string of the molecule is [124I]CCOCC[P+](c1ccccc1)(c1ccncn1)c1ccncn1. The minimum Gasteiger partial charge on any atom is -0.377 e. The Hall–Kier alpha value is -1.50. The summed E-state index contributed by atoms with van der Waals surface area (Å²) in [4.78, 5) is 17.4. The Morgan fingerprint density at radius 2 is 1.48 bits per heavy atom. The van der Waals surface area contributed by atoms with Crippen molar-refractivity contribution in [3.8, 4) is 0 Å². The molecular weight excluding hydrogens is 443 g/mol. The van der Waals surface area contributed by atoms with Crippen molar-refractivity contribution in [1.82, 2.24) is 19.9 Å². The van der Waals surface area contributed by atoms with Crippen molar-refractivity contribution in [2.45, 2.75) is 0 Å². The predicted octanol–water partition coefficient (Wildman–Crippen LogP) is 2.01. The second-order valence-electron chi connectivity index (χ2n) is 5.31. The molecule has 2 aromatic heterocycles. The molecule has 0 amide bonds. The van der Waals surface area contributed by atoms with Gasteiger partial charge in [0.1, 0.15) is 24.1 Å². The molecular formula is C18H19IN4OP+. The molecule has 0 aliphatic rings. The van der Waals surface area contributed by atoms with Crippen LogP contribution in [0.4, 0.5) is 0 Å². The summed E-state index contributed by atoms with van der Waals surface area (Å²) < 4.78 is 6.82. The fourth-order valence-corrected chi connectivity index (χ4v) is 6.82. The van der Waals surface area contributed by atoms with Gasteiger partial charge in [-0.05, 0) is 12.1 Å². The largest absolute Gasteiger partial charge is 0.377 e. The third kappa shape index (κ3) is 4.19. The second-order valence-corrected chi connectivity index (χ2v) is 9.88. The number of alkyl halides is 1. The summed E-state index contributed by atoms with van der Waals surface area (Å²) in [6.45, 7) is 1.42. The van der Waals surface area contributed by atoms with Crippen LogP contribution in [0.2, 0.25) is 0 Å². The van der Waals surface area contributed by atoms with Crippen LogP contribution in [0.25, 0.3) is 0 Å². The zero-order chi connectivity index (χ0) is 17.4. The Morgan fingerprint density at radius 1 is 0.840 bits per heavy atom. The Labute approximate surface area is 161 Å². The molecule has 0 aliphatic carbocycles. The molecule has 0 aliphatic heterocycles. The van der Waals surface area contributed by atoms with Gasteiger partial charge in [0.15, 0.2) is 18.1 Å². The fourth-order valence-electron chi connectivity index (χ4n) is 2.80. The Bertz CT molecular complexity index is 665. The van der Waals surface area contributed by atoms with E-state index in [0.29, 0.717) is 6.61 Å². The van der Waals surface area contributed by atoms with Crippen LogP contribution in [0.1, 0.15) is 0 Å². The summed E-state index contributed by atoms with van der Waals surface area (Å²) >= 11 is 2.33. The van der Waals surface area contributed by atoms with Crippen molar-refractivity contribution < 1.29 is 4.74 Å². The summed E-state index contributed by atoms with van der Waals surface area (Å²) in [5.41, 5.74) is 2.04. The predicted molar refractivity (Wildman–Crippen MR) is 111 cm³/mol. The zero-order valence-corrected chi connectivity index (χ0v) is 16.8. The lowest BCUT2D eigenvalue weighted by Crippen LogP contribution is -2.37. The van der Waals surface area contributed by atoms with Gasteiger partial charge in [0, 0.05) is 29.0 Å². The van der Waals surface area contributed by atoms with Crippen LogP contribution in [-0.4, -0.2) is 43.7 Å². The number of hydrogen-bond acceptors (Lipinski definition) is 5. The van der Waals surface area contributed by atoms with Gasteiger partial charge in [0.05, 0.1) is 13.2 Å². The van der Waals surface area contributed by atoms with Crippen molar-refractivity contribution in [1.29, 1.82) is 0 Å². The first-order valence-corrected chi connectivity index (χ1v) is 11.5. The summed E-state index contributed by atoms with van der Waals surface area (Å²) in [7, 11) is -2.02. The van der Waals surface area contributed by atoms with Gasteiger partial charge in [0.25, 0.3) is 0 Å². The van der Waals surface area contributed by atoms with Crippen LogP contribution in [0.3, 0.4) is 0 Å². The molecule has 0 saturated heterocycles. The Balaban J connectivity index is 2.13. The van der Waals surface area contributed by atoms with E-state index in [2.05, 4.69) is 66.8 Å². The van der Waals surface area contributed by atoms with E-state index in [1.807, 2.05) is 18.2 Å². The normalized spacial score (nSPS) is 11.4. The van der Waals surface area contributed by atoms with Crippen molar-refractivity contribution in [2.75, 3.05) is 23.8 Å². The molecule has 128 valence electrons. The van der Waals surface area contributed by atoms with E-state index in [9.17, 15) is 0 Å². The standard InChI is InChI=1S/C18H19IN4OP/c19-8-11-24-12-13-25(16-4-2-1-3-5-16,17-6-9-20-14-22-17)18-7-10-21-15-23-18/h1-7,9-10,14-15H,8,11-13H2/q+1/i19-3. The lowest BCUT2D eigenvalue weighted by atomic mass is 10.4. The molecule has 0 bridgehead atoms. The molecule has 0 saturated carbocycles. The van der Waals surface area contributed by atoms with Gasteiger partial charge in [0.2, 0.25) is 0 Å². The molecule has 25 heavy (non-hydrogen) atoms. The highest BCUT2D eigenvalue weighted by atomic mass is 124. The van der Waals surface area contributed by atoms with Crippen LogP contribution in [-0.2, 0) is 4.74 Å². The first-order chi connectivity index (χ1) is 12.4. The van der Waals surface area contributed by atoms with Crippen LogP contribution < -0.4 is 16.2 Å². The number of ether oxygens (including phenoxy) is 1. The van der Waals surface area contributed by atoms with Crippen LogP contribution in [0, 0.1) is 0 Å². The van der Waals surface area contributed by atoms with E-state index in [0.717, 1.165) is 28.1 Å². The van der Waals surface area contributed by atoms with Gasteiger partial charge >= 0.3 is 0 Å². The van der Waals surface area contributed by atoms with E-state index < -0.39 is 7.26 Å². The van der Waals surface area contributed by atoms with Crippen molar-refractivity contribution in [3.63, 3.8) is 0 Å². The van der Waals surface area contributed by atoms with Crippen molar-refractivity contribution in [3.05, 3.63) is 67.5 Å². The molecule has 0 unspecified atom stereocenters. The van der Waals surface area contributed by atoms with E-state index >= 15 is 0 Å². The molecule has 0 N–H and O–H groups in total. The third-order valence-corrected chi connectivity index (χ3v) is 8.47. The van der Waals surface area contributed by atoms with Crippen molar-refractivity contribution >= 4 is 46.0 Å². The molecule has 0 spiro atoms. The molecule has 2 heterocycles. The van der Waals surface area contributed by atoms with Gasteiger partial charge in [-0.1, -0.05) is 40.8 Å². The minimum absolute atomic E-state index is 0.666. The lowest BCUT2D eigenvalue weighted by molar-refractivity contribution is 0.168. The highest BCUT2D eigenvalue weighted by Crippen LogP contribution is 2.53. The molecule has 3 aromatic rings. The van der Waals surface area contributed by atoms with Gasteiger partial charge in [-0.2, -0.15) is 0 Å². The van der Waals surface area contributed by atoms with E-state index in [-0.39, 0.29) is 0 Å². The molecule has 0 atom stereocenters. The van der Waals surface area contributed by atoms with E-state index in [4.69, 9.17) is 4.74 Å². The van der Waals surface area contributed by atoms with E-state index in [1.165, 1.54) is 5.30 Å². The number of hydrogen-bond donors (Lipinski definition) is 0. The topological polar surface area (TPSA) is 60.8 Å². The smallest absolute Gasteiger partial charge is 0.197 e. The lowest BCUT2D eigenvalue weighted by Gasteiger charge is -2.24. The quantitative estimate of drug-likeness (QED) is 0.222. The Kier molecular flexibility index (Phi) is 6.78. The van der Waals surface area contributed by atoms with Crippen LogP contribution in [0.15, 0.2) is 67.5 Å². The van der Waals surface area contributed by atoms with Gasteiger partial charge in [-0.3, -0.25) is 0 Å². The van der Waals surface area contributed by atoms with E-state index in [1.54, 1.807) is 25.0 Å². The zero-order valence-electron chi connectivity index (χ0n) is 13.7. The summed E-state index contributed by atoms with van der Waals surface area (Å²) in [5, 5.41) is 1.24. The average molecular weight is 462 g/mol. The highest BCUT2D eigenvalue weighted by molar-refractivity contribution is 14.1.